The molecular weight excluding hydrogens is 188 g/mol. The normalized spacial score (nSPS) is 19.7. The smallest absolute Gasteiger partial charge is 0.134 e. The number of rotatable bonds is 3. The summed E-state index contributed by atoms with van der Waals surface area (Å²) >= 11 is 0. The third kappa shape index (κ3) is 2.20. The molecule has 4 nitrogen and oxygen atoms in total. The summed E-state index contributed by atoms with van der Waals surface area (Å²) in [4.78, 5) is 0. The van der Waals surface area contributed by atoms with Gasteiger partial charge in [-0.05, 0) is 26.7 Å². The second-order valence-corrected chi connectivity index (χ2v) is 4.65. The SMILES string of the molecule is Cc1nnc(CC(C)N)n1C1CCCC1. The summed E-state index contributed by atoms with van der Waals surface area (Å²) in [5.74, 6) is 2.10. The molecule has 15 heavy (non-hydrogen) atoms. The minimum Gasteiger partial charge on any atom is -0.328 e. The Morgan fingerprint density at radius 2 is 2.07 bits per heavy atom. The quantitative estimate of drug-likeness (QED) is 0.820. The highest BCUT2D eigenvalue weighted by Crippen LogP contribution is 2.31. The van der Waals surface area contributed by atoms with Crippen molar-refractivity contribution < 1.29 is 0 Å². The van der Waals surface area contributed by atoms with Gasteiger partial charge in [0.15, 0.2) is 0 Å². The van der Waals surface area contributed by atoms with E-state index in [0.717, 1.165) is 18.1 Å². The second-order valence-electron chi connectivity index (χ2n) is 4.65. The van der Waals surface area contributed by atoms with E-state index in [1.54, 1.807) is 0 Å². The van der Waals surface area contributed by atoms with Gasteiger partial charge in [0.05, 0.1) is 0 Å². The van der Waals surface area contributed by atoms with Crippen molar-refractivity contribution in [2.75, 3.05) is 0 Å². The summed E-state index contributed by atoms with van der Waals surface area (Å²) in [7, 11) is 0. The largest absolute Gasteiger partial charge is 0.328 e. The zero-order chi connectivity index (χ0) is 10.8. The summed E-state index contributed by atoms with van der Waals surface area (Å²) in [5, 5.41) is 8.41. The third-order valence-corrected chi connectivity index (χ3v) is 3.13. The Hall–Kier alpha value is -0.900. The van der Waals surface area contributed by atoms with Gasteiger partial charge in [0.25, 0.3) is 0 Å². The van der Waals surface area contributed by atoms with Gasteiger partial charge >= 0.3 is 0 Å². The molecule has 1 unspecified atom stereocenters. The number of nitrogens with zero attached hydrogens (tertiary/aromatic N) is 3. The van der Waals surface area contributed by atoms with Crippen LogP contribution in [0, 0.1) is 6.92 Å². The molecular formula is C11H20N4. The summed E-state index contributed by atoms with van der Waals surface area (Å²) < 4.78 is 2.30. The third-order valence-electron chi connectivity index (χ3n) is 3.13. The molecule has 1 fully saturated rings. The first-order valence-electron chi connectivity index (χ1n) is 5.84. The first-order chi connectivity index (χ1) is 7.18. The lowest BCUT2D eigenvalue weighted by atomic mass is 10.2. The maximum absolute atomic E-state index is 5.82. The number of aromatic nitrogens is 3. The van der Waals surface area contributed by atoms with E-state index in [0.29, 0.717) is 6.04 Å². The molecule has 1 aromatic rings. The first-order valence-corrected chi connectivity index (χ1v) is 5.84. The van der Waals surface area contributed by atoms with Gasteiger partial charge in [-0.2, -0.15) is 0 Å². The fourth-order valence-electron chi connectivity index (χ4n) is 2.48. The lowest BCUT2D eigenvalue weighted by molar-refractivity contribution is 0.479. The minimum atomic E-state index is 0.161. The van der Waals surface area contributed by atoms with Crippen molar-refractivity contribution in [1.29, 1.82) is 0 Å². The molecule has 0 saturated heterocycles. The molecule has 0 spiro atoms. The zero-order valence-corrected chi connectivity index (χ0v) is 9.61. The summed E-state index contributed by atoms with van der Waals surface area (Å²) in [5.41, 5.74) is 5.82. The summed E-state index contributed by atoms with van der Waals surface area (Å²) in [6.45, 7) is 4.05. The van der Waals surface area contributed by atoms with Crippen LogP contribution in [0.4, 0.5) is 0 Å². The van der Waals surface area contributed by atoms with Crippen LogP contribution in [0.3, 0.4) is 0 Å². The van der Waals surface area contributed by atoms with E-state index in [1.807, 2.05) is 13.8 Å². The predicted molar refractivity (Wildman–Crippen MR) is 59.6 cm³/mol. The van der Waals surface area contributed by atoms with E-state index in [-0.39, 0.29) is 6.04 Å². The molecule has 2 rings (SSSR count). The van der Waals surface area contributed by atoms with Gasteiger partial charge in [0.2, 0.25) is 0 Å². The van der Waals surface area contributed by atoms with Gasteiger partial charge in [-0.3, -0.25) is 0 Å². The highest BCUT2D eigenvalue weighted by atomic mass is 15.3. The molecule has 1 aliphatic carbocycles. The average Bonchev–Trinajstić information content (AvgIpc) is 2.74. The van der Waals surface area contributed by atoms with Crippen LogP contribution in [0.2, 0.25) is 0 Å². The van der Waals surface area contributed by atoms with Gasteiger partial charge in [-0.25, -0.2) is 0 Å². The maximum Gasteiger partial charge on any atom is 0.134 e. The van der Waals surface area contributed by atoms with Crippen LogP contribution in [0.5, 0.6) is 0 Å². The van der Waals surface area contributed by atoms with E-state index in [4.69, 9.17) is 5.73 Å². The number of nitrogens with two attached hydrogens (primary N) is 1. The number of aryl methyl sites for hydroxylation is 1. The van der Waals surface area contributed by atoms with Gasteiger partial charge in [-0.15, -0.1) is 10.2 Å². The molecule has 1 aliphatic rings. The van der Waals surface area contributed by atoms with E-state index < -0.39 is 0 Å². The fraction of sp³-hybridized carbons (Fsp3) is 0.818. The Balaban J connectivity index is 2.22. The molecule has 84 valence electrons. The standard InChI is InChI=1S/C11H20N4/c1-8(12)7-11-14-13-9(2)15(11)10-5-3-4-6-10/h8,10H,3-7,12H2,1-2H3. The lowest BCUT2D eigenvalue weighted by Crippen LogP contribution is -2.22. The van der Waals surface area contributed by atoms with Crippen molar-refractivity contribution in [3.05, 3.63) is 11.6 Å². The van der Waals surface area contributed by atoms with Crippen LogP contribution in [0.1, 0.15) is 50.3 Å². The van der Waals surface area contributed by atoms with E-state index in [2.05, 4.69) is 14.8 Å². The molecule has 0 radical (unpaired) electrons. The molecule has 4 heteroatoms. The van der Waals surface area contributed by atoms with Crippen molar-refractivity contribution in [2.45, 2.75) is 58.0 Å². The van der Waals surface area contributed by atoms with Gasteiger partial charge in [0.1, 0.15) is 11.6 Å². The van der Waals surface area contributed by atoms with Crippen molar-refractivity contribution in [1.82, 2.24) is 14.8 Å². The molecule has 1 aromatic heterocycles. The monoisotopic (exact) mass is 208 g/mol. The van der Waals surface area contributed by atoms with Crippen LogP contribution >= 0.6 is 0 Å². The van der Waals surface area contributed by atoms with Gasteiger partial charge < -0.3 is 10.3 Å². The van der Waals surface area contributed by atoms with Crippen molar-refractivity contribution >= 4 is 0 Å². The molecule has 2 N–H and O–H groups in total. The Bertz CT molecular complexity index is 323. The van der Waals surface area contributed by atoms with E-state index in [1.165, 1.54) is 25.7 Å². The highest BCUT2D eigenvalue weighted by Gasteiger charge is 2.22. The highest BCUT2D eigenvalue weighted by molar-refractivity contribution is 5.00. The van der Waals surface area contributed by atoms with Crippen LogP contribution in [-0.4, -0.2) is 20.8 Å². The Labute approximate surface area is 90.9 Å². The number of hydrogen-bond acceptors (Lipinski definition) is 3. The van der Waals surface area contributed by atoms with Crippen LogP contribution in [0.15, 0.2) is 0 Å². The van der Waals surface area contributed by atoms with Crippen LogP contribution in [0.25, 0.3) is 0 Å². The Morgan fingerprint density at radius 1 is 1.40 bits per heavy atom. The Kier molecular flexibility index (Phi) is 3.05. The zero-order valence-electron chi connectivity index (χ0n) is 9.61. The van der Waals surface area contributed by atoms with Gasteiger partial charge in [0, 0.05) is 18.5 Å². The topological polar surface area (TPSA) is 56.7 Å². The Morgan fingerprint density at radius 3 is 2.67 bits per heavy atom. The van der Waals surface area contributed by atoms with Crippen LogP contribution < -0.4 is 5.73 Å². The van der Waals surface area contributed by atoms with Crippen LogP contribution in [-0.2, 0) is 6.42 Å². The molecule has 1 saturated carbocycles. The molecule has 0 aliphatic heterocycles. The number of hydrogen-bond donors (Lipinski definition) is 1. The second kappa shape index (κ2) is 4.31. The van der Waals surface area contributed by atoms with Crippen molar-refractivity contribution in [2.24, 2.45) is 5.73 Å². The molecule has 0 amide bonds. The van der Waals surface area contributed by atoms with E-state index in [9.17, 15) is 0 Å². The molecule has 0 bridgehead atoms. The minimum absolute atomic E-state index is 0.161. The molecule has 1 atom stereocenters. The average molecular weight is 208 g/mol. The fourth-order valence-corrected chi connectivity index (χ4v) is 2.48. The predicted octanol–water partition coefficient (Wildman–Crippen LogP) is 1.59. The van der Waals surface area contributed by atoms with Gasteiger partial charge in [-0.1, -0.05) is 12.8 Å². The van der Waals surface area contributed by atoms with Crippen molar-refractivity contribution in [3.63, 3.8) is 0 Å². The lowest BCUT2D eigenvalue weighted by Gasteiger charge is -2.16. The molecule has 1 heterocycles. The summed E-state index contributed by atoms with van der Waals surface area (Å²) in [6, 6.07) is 0.780. The summed E-state index contributed by atoms with van der Waals surface area (Å²) in [6.07, 6.45) is 6.03. The van der Waals surface area contributed by atoms with Crippen molar-refractivity contribution in [3.8, 4) is 0 Å². The maximum atomic E-state index is 5.82. The first kappa shape index (κ1) is 10.6. The van der Waals surface area contributed by atoms with E-state index >= 15 is 0 Å². The molecule has 0 aromatic carbocycles.